The van der Waals surface area contributed by atoms with Gasteiger partial charge in [0.25, 0.3) is 0 Å². The maximum atomic E-state index is 11.6. The molecule has 0 atom stereocenters. The molecule has 0 spiro atoms. The van der Waals surface area contributed by atoms with Crippen LogP contribution in [0.5, 0.6) is 23.0 Å². The van der Waals surface area contributed by atoms with Gasteiger partial charge in [0.05, 0.1) is 25.8 Å². The van der Waals surface area contributed by atoms with Crippen LogP contribution in [-0.4, -0.2) is 45.0 Å². The second-order valence-electron chi connectivity index (χ2n) is 7.98. The number of fused-ring (bicyclic) bond motifs is 2. The van der Waals surface area contributed by atoms with E-state index in [9.17, 15) is 39.6 Å². The van der Waals surface area contributed by atoms with Crippen LogP contribution < -0.4 is 18.9 Å². The van der Waals surface area contributed by atoms with Crippen LogP contribution in [0.1, 0.15) is 0 Å². The zero-order valence-corrected chi connectivity index (χ0v) is 23.0. The minimum absolute atomic E-state index is 0.00359. The summed E-state index contributed by atoms with van der Waals surface area (Å²) in [5, 5.41) is 35.0. The highest BCUT2D eigenvalue weighted by Gasteiger charge is 2.32. The molecule has 0 amide bonds. The van der Waals surface area contributed by atoms with Crippen LogP contribution in [0.2, 0.25) is 25.1 Å². The van der Waals surface area contributed by atoms with Gasteiger partial charge in [0.15, 0.2) is 11.5 Å². The van der Waals surface area contributed by atoms with Crippen molar-refractivity contribution in [2.75, 3.05) is 0 Å². The summed E-state index contributed by atoms with van der Waals surface area (Å²) in [6.45, 7) is 0. The topological polar surface area (TPSA) is 186 Å². The van der Waals surface area contributed by atoms with E-state index in [2.05, 4.69) is 0 Å². The zero-order chi connectivity index (χ0) is 30.1. The molecular weight excluding hydrogens is 658 g/mol. The van der Waals surface area contributed by atoms with Crippen LogP contribution in [0.4, 0.5) is 19.2 Å². The van der Waals surface area contributed by atoms with Gasteiger partial charge in [-0.1, -0.05) is 58.0 Å². The molecule has 0 heterocycles. The molecule has 0 aliphatic carbocycles. The maximum Gasteiger partial charge on any atom is 0.511 e. The average Bonchev–Trinajstić information content (AvgIpc) is 2.86. The lowest BCUT2D eigenvalue weighted by Crippen LogP contribution is -2.09. The van der Waals surface area contributed by atoms with Gasteiger partial charge in [0.2, 0.25) is 0 Å². The van der Waals surface area contributed by atoms with Crippen molar-refractivity contribution >= 4 is 126 Å². The number of hydrogen-bond donors (Lipinski definition) is 4. The summed E-state index contributed by atoms with van der Waals surface area (Å²) in [4.78, 5) is 46.1. The Hall–Kier alpha value is -4.07. The van der Waals surface area contributed by atoms with Gasteiger partial charge in [-0.05, 0) is 17.5 Å². The fourth-order valence-electron chi connectivity index (χ4n) is 4.69. The van der Waals surface area contributed by atoms with E-state index in [0.717, 1.165) is 12.1 Å². The number of carbonyl (C=O) groups is 4. The predicted molar refractivity (Wildman–Crippen MR) is 147 cm³/mol. The standard InChI is InChI=1S/C24H7Cl5O12/c25-5-3-7(39-22(32)33)11-6(38-21(30)31)2-1-4-8(11)10(5)13-12-9(4)15(26)17(28)19(40-23(34)35)14(12)20(41-24(36)37)18(29)16(13)27/h1-3H,(H,30,31)(H,32,33)(H,34,35)(H,36,37). The van der Waals surface area contributed by atoms with Gasteiger partial charge in [-0.3, -0.25) is 0 Å². The third-order valence-corrected chi connectivity index (χ3v) is 7.85. The first-order valence-electron chi connectivity index (χ1n) is 10.5. The summed E-state index contributed by atoms with van der Waals surface area (Å²) < 4.78 is 19.5. The Labute approximate surface area is 249 Å². The van der Waals surface area contributed by atoms with E-state index in [1.165, 1.54) is 6.07 Å². The van der Waals surface area contributed by atoms with Gasteiger partial charge in [0, 0.05) is 33.0 Å². The molecular formula is C24H7Cl5O12. The van der Waals surface area contributed by atoms with E-state index in [4.69, 9.17) is 77.0 Å². The lowest BCUT2D eigenvalue weighted by molar-refractivity contribution is 0.141. The minimum atomic E-state index is -1.85. The SMILES string of the molecule is O=C(O)Oc1ccc2c3c(Cl)c(Cl)c(OC(=O)O)c4c(OC(=O)O)c(Cl)c(Cl)c(c5c(Cl)cc(OC(=O)O)c1c25)c43. The Morgan fingerprint density at radius 3 is 1.49 bits per heavy atom. The second-order valence-corrected chi connectivity index (χ2v) is 9.90. The smallest absolute Gasteiger partial charge is 0.449 e. The van der Waals surface area contributed by atoms with Gasteiger partial charge < -0.3 is 39.4 Å². The zero-order valence-electron chi connectivity index (χ0n) is 19.2. The van der Waals surface area contributed by atoms with E-state index in [1.807, 2.05) is 0 Å². The Morgan fingerprint density at radius 1 is 0.488 bits per heavy atom. The predicted octanol–water partition coefficient (Wildman–Crippen LogP) is 9.23. The number of rotatable bonds is 4. The molecule has 12 nitrogen and oxygen atoms in total. The summed E-state index contributed by atoms with van der Waals surface area (Å²) in [7, 11) is 0. The van der Waals surface area contributed by atoms with Crippen molar-refractivity contribution in [3.8, 4) is 23.0 Å². The van der Waals surface area contributed by atoms with E-state index in [-0.39, 0.29) is 63.9 Å². The summed E-state index contributed by atoms with van der Waals surface area (Å²) in [5.74, 6) is -2.09. The molecule has 17 heteroatoms. The Kier molecular flexibility index (Phi) is 7.00. The molecule has 0 radical (unpaired) electrons. The molecule has 210 valence electrons. The van der Waals surface area contributed by atoms with E-state index < -0.39 is 51.9 Å². The molecule has 0 saturated heterocycles. The number of ether oxygens (including phenoxy) is 4. The molecule has 4 N–H and O–H groups in total. The van der Waals surface area contributed by atoms with Crippen LogP contribution in [0.25, 0.3) is 43.1 Å². The van der Waals surface area contributed by atoms with Crippen molar-refractivity contribution in [3.05, 3.63) is 43.3 Å². The molecule has 0 aliphatic heterocycles. The van der Waals surface area contributed by atoms with E-state index in [0.29, 0.717) is 0 Å². The molecule has 5 rings (SSSR count). The first-order valence-corrected chi connectivity index (χ1v) is 12.4. The quantitative estimate of drug-likeness (QED) is 0.0618. The number of benzene rings is 5. The molecule has 41 heavy (non-hydrogen) atoms. The van der Waals surface area contributed by atoms with Crippen molar-refractivity contribution < 1.29 is 58.6 Å². The van der Waals surface area contributed by atoms with Crippen LogP contribution in [0, 0.1) is 0 Å². The summed E-state index contributed by atoms with van der Waals surface area (Å²) in [5.41, 5.74) is 0. The minimum Gasteiger partial charge on any atom is -0.449 e. The largest absolute Gasteiger partial charge is 0.511 e. The van der Waals surface area contributed by atoms with Crippen molar-refractivity contribution in [2.24, 2.45) is 0 Å². The molecule has 0 bridgehead atoms. The first kappa shape index (κ1) is 28.5. The second kappa shape index (κ2) is 10.1. The highest BCUT2D eigenvalue weighted by molar-refractivity contribution is 6.57. The molecule has 0 aromatic heterocycles. The van der Waals surface area contributed by atoms with Crippen molar-refractivity contribution in [2.45, 2.75) is 0 Å². The molecule has 5 aromatic carbocycles. The third kappa shape index (κ3) is 4.40. The summed E-state index contributed by atoms with van der Waals surface area (Å²) in [6, 6.07) is 3.52. The molecule has 0 unspecified atom stereocenters. The number of hydrogen-bond acceptors (Lipinski definition) is 8. The Bertz CT molecular complexity index is 2000. The van der Waals surface area contributed by atoms with Crippen LogP contribution in [0.3, 0.4) is 0 Å². The van der Waals surface area contributed by atoms with Gasteiger partial charge in [-0.15, -0.1) is 0 Å². The molecule has 5 aromatic rings. The van der Waals surface area contributed by atoms with Crippen LogP contribution >= 0.6 is 58.0 Å². The lowest BCUT2D eigenvalue weighted by atomic mass is 9.88. The summed E-state index contributed by atoms with van der Waals surface area (Å²) in [6.07, 6.45) is -7.22. The number of carboxylic acid groups (broad SMARTS) is 4. The Balaban J connectivity index is 2.21. The fourth-order valence-corrected chi connectivity index (χ4v) is 5.99. The molecule has 0 saturated carbocycles. The highest BCUT2D eigenvalue weighted by atomic mass is 35.5. The monoisotopic (exact) mass is 662 g/mol. The first-order chi connectivity index (χ1) is 19.2. The Morgan fingerprint density at radius 2 is 0.976 bits per heavy atom. The van der Waals surface area contributed by atoms with Crippen molar-refractivity contribution in [1.82, 2.24) is 0 Å². The number of halogens is 5. The van der Waals surface area contributed by atoms with Crippen LogP contribution in [0.15, 0.2) is 18.2 Å². The van der Waals surface area contributed by atoms with Crippen LogP contribution in [-0.2, 0) is 0 Å². The van der Waals surface area contributed by atoms with Gasteiger partial charge in [0.1, 0.15) is 21.5 Å². The van der Waals surface area contributed by atoms with E-state index >= 15 is 0 Å². The average molecular weight is 665 g/mol. The van der Waals surface area contributed by atoms with Crippen molar-refractivity contribution in [1.29, 1.82) is 0 Å². The van der Waals surface area contributed by atoms with Gasteiger partial charge in [-0.25, -0.2) is 19.2 Å². The highest BCUT2D eigenvalue weighted by Crippen LogP contribution is 2.59. The summed E-state index contributed by atoms with van der Waals surface area (Å²) >= 11 is 32.8. The van der Waals surface area contributed by atoms with Gasteiger partial charge >= 0.3 is 24.6 Å². The molecule has 0 aliphatic rings. The van der Waals surface area contributed by atoms with Crippen molar-refractivity contribution in [3.63, 3.8) is 0 Å². The molecule has 0 fully saturated rings. The lowest BCUT2D eigenvalue weighted by Gasteiger charge is -2.23. The fraction of sp³-hybridized carbons (Fsp3) is 0. The third-order valence-electron chi connectivity index (χ3n) is 5.88. The normalized spacial score (nSPS) is 11.3. The van der Waals surface area contributed by atoms with E-state index in [1.54, 1.807) is 0 Å². The maximum absolute atomic E-state index is 11.6. The van der Waals surface area contributed by atoms with Gasteiger partial charge in [-0.2, -0.15) is 0 Å².